The first-order valence-electron chi connectivity index (χ1n) is 6.25. The Morgan fingerprint density at radius 2 is 2.16 bits per heavy atom. The fraction of sp³-hybridized carbons (Fsp3) is 0.667. The molecule has 106 valence electrons. The Hall–Kier alpha value is -1.04. The molecule has 7 heteroatoms. The normalized spacial score (nSPS) is 20.7. The Bertz CT molecular complexity index is 450. The van der Waals surface area contributed by atoms with E-state index >= 15 is 0 Å². The van der Waals surface area contributed by atoms with E-state index in [-0.39, 0.29) is 18.1 Å². The molecule has 1 aliphatic heterocycles. The van der Waals surface area contributed by atoms with Gasteiger partial charge in [0.15, 0.2) is 0 Å². The zero-order valence-electron chi connectivity index (χ0n) is 10.5. The molecule has 0 bridgehead atoms. The second-order valence-corrected chi connectivity index (χ2v) is 5.03. The van der Waals surface area contributed by atoms with Crippen molar-refractivity contribution < 1.29 is 13.2 Å². The van der Waals surface area contributed by atoms with Gasteiger partial charge in [-0.2, -0.15) is 13.2 Å². The van der Waals surface area contributed by atoms with Gasteiger partial charge < -0.3 is 4.90 Å². The number of piperidine rings is 1. The van der Waals surface area contributed by atoms with E-state index in [1.54, 1.807) is 4.90 Å². The van der Waals surface area contributed by atoms with Crippen LogP contribution in [0.25, 0.3) is 0 Å². The second-order valence-electron chi connectivity index (χ2n) is 4.65. The Labute approximate surface area is 114 Å². The predicted molar refractivity (Wildman–Crippen MR) is 67.4 cm³/mol. The van der Waals surface area contributed by atoms with Crippen molar-refractivity contribution in [2.24, 2.45) is 5.92 Å². The van der Waals surface area contributed by atoms with E-state index in [2.05, 4.69) is 9.97 Å². The van der Waals surface area contributed by atoms with Gasteiger partial charge in [-0.05, 0) is 12.8 Å². The summed E-state index contributed by atoms with van der Waals surface area (Å²) < 4.78 is 38.3. The maximum Gasteiger partial charge on any atom is 0.393 e. The Balaban J connectivity index is 2.19. The number of rotatable bonds is 2. The van der Waals surface area contributed by atoms with Crippen molar-refractivity contribution in [3.63, 3.8) is 0 Å². The third-order valence-corrected chi connectivity index (χ3v) is 3.45. The van der Waals surface area contributed by atoms with Crippen molar-refractivity contribution >= 4 is 17.4 Å². The number of aromatic nitrogens is 2. The second kappa shape index (κ2) is 5.53. The minimum atomic E-state index is -4.15. The molecule has 1 aromatic rings. The maximum atomic E-state index is 12.8. The summed E-state index contributed by atoms with van der Waals surface area (Å²) in [6.45, 7) is 2.40. The summed E-state index contributed by atoms with van der Waals surface area (Å²) >= 11 is 5.87. The molecule has 2 rings (SSSR count). The van der Waals surface area contributed by atoms with Crippen molar-refractivity contribution in [1.82, 2.24) is 9.97 Å². The van der Waals surface area contributed by atoms with Crippen LogP contribution in [0.3, 0.4) is 0 Å². The van der Waals surface area contributed by atoms with Crippen molar-refractivity contribution in [3.05, 3.63) is 17.0 Å². The average molecular weight is 294 g/mol. The number of anilines is 1. The minimum Gasteiger partial charge on any atom is -0.356 e. The Morgan fingerprint density at radius 1 is 1.42 bits per heavy atom. The van der Waals surface area contributed by atoms with Gasteiger partial charge in [-0.15, -0.1) is 0 Å². The molecule has 0 amide bonds. The number of aryl methyl sites for hydroxylation is 1. The van der Waals surface area contributed by atoms with E-state index in [1.165, 1.54) is 6.07 Å². The maximum absolute atomic E-state index is 12.8. The molecule has 0 radical (unpaired) electrons. The summed E-state index contributed by atoms with van der Waals surface area (Å²) in [7, 11) is 0. The van der Waals surface area contributed by atoms with E-state index < -0.39 is 12.1 Å². The fourth-order valence-corrected chi connectivity index (χ4v) is 2.42. The molecule has 19 heavy (non-hydrogen) atoms. The average Bonchev–Trinajstić information content (AvgIpc) is 2.37. The van der Waals surface area contributed by atoms with Crippen LogP contribution in [0.4, 0.5) is 19.0 Å². The quantitative estimate of drug-likeness (QED) is 0.782. The first-order valence-corrected chi connectivity index (χ1v) is 6.63. The summed E-state index contributed by atoms with van der Waals surface area (Å²) in [6, 6.07) is 1.53. The van der Waals surface area contributed by atoms with Crippen LogP contribution in [-0.4, -0.2) is 29.2 Å². The number of hydrogen-bond acceptors (Lipinski definition) is 3. The predicted octanol–water partition coefficient (Wildman–Crippen LogP) is 3.47. The standard InChI is InChI=1S/C12H15ClF3N3/c1-2-10-17-9(13)6-11(18-10)19-5-3-4-8(7-19)12(14,15)16/h6,8H,2-5,7H2,1H3. The highest BCUT2D eigenvalue weighted by molar-refractivity contribution is 6.29. The summed E-state index contributed by atoms with van der Waals surface area (Å²) in [4.78, 5) is 9.92. The minimum absolute atomic E-state index is 0.0556. The highest BCUT2D eigenvalue weighted by Crippen LogP contribution is 2.34. The van der Waals surface area contributed by atoms with Gasteiger partial charge in [0, 0.05) is 25.6 Å². The van der Waals surface area contributed by atoms with Crippen LogP contribution in [0.2, 0.25) is 5.15 Å². The molecule has 1 saturated heterocycles. The summed E-state index contributed by atoms with van der Waals surface area (Å²) in [5.74, 6) is -0.248. The van der Waals surface area contributed by atoms with Crippen molar-refractivity contribution in [2.75, 3.05) is 18.0 Å². The third kappa shape index (κ3) is 3.49. The van der Waals surface area contributed by atoms with Crippen LogP contribution in [0.5, 0.6) is 0 Å². The lowest BCUT2D eigenvalue weighted by Crippen LogP contribution is -2.42. The SMILES string of the molecule is CCc1nc(Cl)cc(N2CCCC(C(F)(F)F)C2)n1. The van der Waals surface area contributed by atoms with Gasteiger partial charge in [-0.1, -0.05) is 18.5 Å². The number of hydrogen-bond donors (Lipinski definition) is 0. The zero-order valence-corrected chi connectivity index (χ0v) is 11.3. The number of alkyl halides is 3. The van der Waals surface area contributed by atoms with Gasteiger partial charge in [-0.25, -0.2) is 9.97 Å². The molecule has 0 saturated carbocycles. The molecule has 1 unspecified atom stereocenters. The van der Waals surface area contributed by atoms with E-state index in [1.807, 2.05) is 6.92 Å². The smallest absolute Gasteiger partial charge is 0.356 e. The van der Waals surface area contributed by atoms with Crippen LogP contribution in [-0.2, 0) is 6.42 Å². The van der Waals surface area contributed by atoms with Crippen molar-refractivity contribution in [3.8, 4) is 0 Å². The first kappa shape index (κ1) is 14.4. The van der Waals surface area contributed by atoms with Crippen molar-refractivity contribution in [1.29, 1.82) is 0 Å². The summed E-state index contributed by atoms with van der Waals surface area (Å²) in [5, 5.41) is 0.274. The molecule has 1 fully saturated rings. The molecule has 0 N–H and O–H groups in total. The van der Waals surface area contributed by atoms with Crippen LogP contribution >= 0.6 is 11.6 Å². The lowest BCUT2D eigenvalue weighted by atomic mass is 9.97. The van der Waals surface area contributed by atoms with E-state index in [0.29, 0.717) is 31.0 Å². The molecule has 0 aromatic carbocycles. The fourth-order valence-electron chi connectivity index (χ4n) is 2.22. The van der Waals surface area contributed by atoms with Crippen LogP contribution in [0.1, 0.15) is 25.6 Å². The molecule has 1 aromatic heterocycles. The Kier molecular flexibility index (Phi) is 4.18. The van der Waals surface area contributed by atoms with E-state index in [9.17, 15) is 13.2 Å². The monoisotopic (exact) mass is 293 g/mol. The lowest BCUT2D eigenvalue weighted by Gasteiger charge is -2.34. The molecular weight excluding hydrogens is 279 g/mol. The zero-order chi connectivity index (χ0) is 14.0. The number of nitrogens with zero attached hydrogens (tertiary/aromatic N) is 3. The molecule has 1 aliphatic rings. The molecule has 0 aliphatic carbocycles. The topological polar surface area (TPSA) is 29.0 Å². The summed E-state index contributed by atoms with van der Waals surface area (Å²) in [6.07, 6.45) is -2.86. The van der Waals surface area contributed by atoms with Gasteiger partial charge in [0.05, 0.1) is 5.92 Å². The van der Waals surface area contributed by atoms with E-state index in [4.69, 9.17) is 11.6 Å². The van der Waals surface area contributed by atoms with Crippen LogP contribution in [0.15, 0.2) is 6.07 Å². The molecular formula is C12H15ClF3N3. The van der Waals surface area contributed by atoms with Crippen LogP contribution < -0.4 is 4.90 Å². The van der Waals surface area contributed by atoms with Gasteiger partial charge in [0.1, 0.15) is 16.8 Å². The van der Waals surface area contributed by atoms with Gasteiger partial charge >= 0.3 is 6.18 Å². The van der Waals surface area contributed by atoms with Gasteiger partial charge in [0.2, 0.25) is 0 Å². The molecule has 2 heterocycles. The van der Waals surface area contributed by atoms with Gasteiger partial charge in [0.25, 0.3) is 0 Å². The molecule has 3 nitrogen and oxygen atoms in total. The van der Waals surface area contributed by atoms with Crippen molar-refractivity contribution in [2.45, 2.75) is 32.4 Å². The van der Waals surface area contributed by atoms with Gasteiger partial charge in [-0.3, -0.25) is 0 Å². The first-order chi connectivity index (χ1) is 8.90. The van der Waals surface area contributed by atoms with E-state index in [0.717, 1.165) is 0 Å². The van der Waals surface area contributed by atoms with Crippen LogP contribution in [0, 0.1) is 5.92 Å². The third-order valence-electron chi connectivity index (χ3n) is 3.25. The molecule has 1 atom stereocenters. The Morgan fingerprint density at radius 3 is 2.79 bits per heavy atom. The highest BCUT2D eigenvalue weighted by Gasteiger charge is 2.42. The molecule has 0 spiro atoms. The summed E-state index contributed by atoms with van der Waals surface area (Å²) in [5.41, 5.74) is 0. The highest BCUT2D eigenvalue weighted by atomic mass is 35.5. The number of halogens is 4. The lowest BCUT2D eigenvalue weighted by molar-refractivity contribution is -0.176. The largest absolute Gasteiger partial charge is 0.393 e.